The van der Waals surface area contributed by atoms with Crippen LogP contribution in [0.5, 0.6) is 0 Å². The molecule has 0 amide bonds. The summed E-state index contributed by atoms with van der Waals surface area (Å²) in [7, 11) is -3.74. The Hall–Kier alpha value is -1.30. The van der Waals surface area contributed by atoms with E-state index < -0.39 is 10.0 Å². The van der Waals surface area contributed by atoms with Crippen LogP contribution in [0.15, 0.2) is 47.4 Å². The molecule has 0 radical (unpaired) electrons. The maximum atomic E-state index is 12.2. The molecule has 4 nitrogen and oxygen atoms in total. The highest BCUT2D eigenvalue weighted by molar-refractivity contribution is 14.1. The van der Waals surface area contributed by atoms with Gasteiger partial charge >= 0.3 is 0 Å². The van der Waals surface area contributed by atoms with E-state index in [4.69, 9.17) is 16.9 Å². The lowest BCUT2D eigenvalue weighted by Gasteiger charge is -2.10. The molecule has 0 heterocycles. The predicted molar refractivity (Wildman–Crippen MR) is 86.1 cm³/mol. The first-order valence-corrected chi connectivity index (χ1v) is 8.34. The summed E-state index contributed by atoms with van der Waals surface area (Å²) in [6.07, 6.45) is 0. The summed E-state index contributed by atoms with van der Waals surface area (Å²) in [5.74, 6) is 0. The van der Waals surface area contributed by atoms with E-state index in [2.05, 4.69) is 27.3 Å². The Morgan fingerprint density at radius 1 is 1.15 bits per heavy atom. The number of hydrogen-bond acceptors (Lipinski definition) is 3. The minimum atomic E-state index is -3.74. The molecule has 0 saturated carbocycles. The van der Waals surface area contributed by atoms with Crippen LogP contribution in [0, 0.1) is 14.9 Å². The first kappa shape index (κ1) is 15.1. The molecule has 0 fully saturated rings. The van der Waals surface area contributed by atoms with Gasteiger partial charge in [0, 0.05) is 8.59 Å². The number of nitrogens with zero attached hydrogens (tertiary/aromatic N) is 1. The van der Waals surface area contributed by atoms with Crippen molar-refractivity contribution in [2.24, 2.45) is 0 Å². The molecule has 2 aromatic carbocycles. The molecule has 1 N–H and O–H groups in total. The second-order valence-corrected chi connectivity index (χ2v) is 7.23. The van der Waals surface area contributed by atoms with Gasteiger partial charge in [0.25, 0.3) is 10.0 Å². The van der Waals surface area contributed by atoms with Crippen molar-refractivity contribution < 1.29 is 8.42 Å². The van der Waals surface area contributed by atoms with Gasteiger partial charge in [-0.15, -0.1) is 0 Å². The van der Waals surface area contributed by atoms with Gasteiger partial charge in [-0.25, -0.2) is 8.42 Å². The van der Waals surface area contributed by atoms with Gasteiger partial charge in [0.2, 0.25) is 0 Å². The Morgan fingerprint density at radius 2 is 1.80 bits per heavy atom. The van der Waals surface area contributed by atoms with E-state index in [1.807, 2.05) is 6.07 Å². The van der Waals surface area contributed by atoms with Crippen LogP contribution in [0.25, 0.3) is 0 Å². The Kier molecular flexibility index (Phi) is 4.52. The Morgan fingerprint density at radius 3 is 2.40 bits per heavy atom. The first-order chi connectivity index (χ1) is 9.42. The monoisotopic (exact) mass is 418 g/mol. The highest BCUT2D eigenvalue weighted by Crippen LogP contribution is 2.23. The van der Waals surface area contributed by atoms with Gasteiger partial charge in [-0.1, -0.05) is 11.6 Å². The van der Waals surface area contributed by atoms with E-state index in [0.29, 0.717) is 5.02 Å². The molecule has 0 atom stereocenters. The smallest absolute Gasteiger partial charge is 0.261 e. The lowest BCUT2D eigenvalue weighted by atomic mass is 10.2. The molecule has 102 valence electrons. The van der Waals surface area contributed by atoms with Crippen LogP contribution in [-0.4, -0.2) is 8.42 Å². The van der Waals surface area contributed by atoms with E-state index in [-0.39, 0.29) is 16.1 Å². The van der Waals surface area contributed by atoms with Gasteiger partial charge in [0.05, 0.1) is 16.1 Å². The van der Waals surface area contributed by atoms with Crippen LogP contribution < -0.4 is 4.72 Å². The van der Waals surface area contributed by atoms with Crippen LogP contribution in [0.1, 0.15) is 5.56 Å². The zero-order chi connectivity index (χ0) is 14.8. The predicted octanol–water partition coefficient (Wildman–Crippen LogP) is 3.62. The lowest BCUT2D eigenvalue weighted by Crippen LogP contribution is -2.13. The van der Waals surface area contributed by atoms with Crippen molar-refractivity contribution in [3.05, 3.63) is 56.6 Å². The van der Waals surface area contributed by atoms with E-state index in [1.165, 1.54) is 30.3 Å². The number of nitrogens with one attached hydrogen (secondary N) is 1. The fourth-order valence-corrected chi connectivity index (χ4v) is 3.12. The number of sulfonamides is 1. The van der Waals surface area contributed by atoms with Gasteiger partial charge in [0.15, 0.2) is 0 Å². The van der Waals surface area contributed by atoms with Crippen LogP contribution in [-0.2, 0) is 10.0 Å². The van der Waals surface area contributed by atoms with Crippen molar-refractivity contribution in [3.8, 4) is 6.07 Å². The zero-order valence-electron chi connectivity index (χ0n) is 9.97. The Labute approximate surface area is 135 Å². The van der Waals surface area contributed by atoms with Gasteiger partial charge in [-0.2, -0.15) is 5.26 Å². The first-order valence-electron chi connectivity index (χ1n) is 5.40. The number of anilines is 1. The number of nitriles is 1. The number of benzene rings is 2. The molecular weight excluding hydrogens is 411 g/mol. The van der Waals surface area contributed by atoms with Crippen LogP contribution in [0.2, 0.25) is 5.02 Å². The summed E-state index contributed by atoms with van der Waals surface area (Å²) in [5.41, 5.74) is 0.377. The third-order valence-corrected chi connectivity index (χ3v) is 4.81. The van der Waals surface area contributed by atoms with Crippen LogP contribution in [0.3, 0.4) is 0 Å². The molecule has 0 spiro atoms. The molecule has 0 aromatic heterocycles. The molecule has 0 bridgehead atoms. The molecule has 7 heteroatoms. The largest absolute Gasteiger partial charge is 0.278 e. The van der Waals surface area contributed by atoms with Gasteiger partial charge in [-0.05, 0) is 65.1 Å². The van der Waals surface area contributed by atoms with Gasteiger partial charge in [0.1, 0.15) is 6.07 Å². The molecule has 0 unspecified atom stereocenters. The highest BCUT2D eigenvalue weighted by atomic mass is 127. The van der Waals surface area contributed by atoms with Crippen molar-refractivity contribution in [2.75, 3.05) is 4.72 Å². The van der Waals surface area contributed by atoms with Crippen molar-refractivity contribution >= 4 is 49.9 Å². The number of halogens is 2. The molecular formula is C13H8ClIN2O2S. The molecule has 0 saturated heterocycles. The Bertz CT molecular complexity index is 783. The van der Waals surface area contributed by atoms with E-state index >= 15 is 0 Å². The van der Waals surface area contributed by atoms with Gasteiger partial charge < -0.3 is 0 Å². The minimum absolute atomic E-state index is 0.127. The molecule has 20 heavy (non-hydrogen) atoms. The second kappa shape index (κ2) is 5.99. The molecule has 0 aliphatic carbocycles. The summed E-state index contributed by atoms with van der Waals surface area (Å²) < 4.78 is 27.8. The topological polar surface area (TPSA) is 70.0 Å². The van der Waals surface area contributed by atoms with Crippen molar-refractivity contribution in [1.82, 2.24) is 0 Å². The number of hydrogen-bond donors (Lipinski definition) is 1. The highest BCUT2D eigenvalue weighted by Gasteiger charge is 2.16. The molecule has 0 aliphatic heterocycles. The molecule has 0 aliphatic rings. The maximum Gasteiger partial charge on any atom is 0.261 e. The fourth-order valence-electron chi connectivity index (χ4n) is 1.52. The summed E-state index contributed by atoms with van der Waals surface area (Å²) >= 11 is 7.91. The molecule has 2 aromatic rings. The van der Waals surface area contributed by atoms with Crippen molar-refractivity contribution in [3.63, 3.8) is 0 Å². The van der Waals surface area contributed by atoms with Gasteiger partial charge in [-0.3, -0.25) is 4.72 Å². The normalized spacial score (nSPS) is 10.8. The van der Waals surface area contributed by atoms with Crippen LogP contribution in [0.4, 0.5) is 5.69 Å². The average Bonchev–Trinajstić information content (AvgIpc) is 2.39. The third-order valence-electron chi connectivity index (χ3n) is 2.47. The minimum Gasteiger partial charge on any atom is -0.278 e. The summed E-state index contributed by atoms with van der Waals surface area (Å²) in [4.78, 5) is 0.127. The average molecular weight is 419 g/mol. The SMILES string of the molecule is N#Cc1ccc(Cl)cc1NS(=O)(=O)c1ccc(I)cc1. The standard InChI is InChI=1S/C13H8ClIN2O2S/c14-10-2-1-9(8-16)13(7-10)17-20(18,19)12-5-3-11(15)4-6-12/h1-7,17H. The Balaban J connectivity index is 2.41. The maximum absolute atomic E-state index is 12.2. The number of rotatable bonds is 3. The van der Waals surface area contributed by atoms with Crippen LogP contribution >= 0.6 is 34.2 Å². The van der Waals surface area contributed by atoms with Crippen molar-refractivity contribution in [2.45, 2.75) is 4.90 Å². The summed E-state index contributed by atoms with van der Waals surface area (Å²) in [6, 6.07) is 12.7. The van der Waals surface area contributed by atoms with E-state index in [1.54, 1.807) is 12.1 Å². The zero-order valence-corrected chi connectivity index (χ0v) is 13.7. The second-order valence-electron chi connectivity index (χ2n) is 3.86. The fraction of sp³-hybridized carbons (Fsp3) is 0. The quantitative estimate of drug-likeness (QED) is 0.774. The van der Waals surface area contributed by atoms with Crippen molar-refractivity contribution in [1.29, 1.82) is 5.26 Å². The third kappa shape index (κ3) is 3.42. The van der Waals surface area contributed by atoms with E-state index in [9.17, 15) is 8.42 Å². The summed E-state index contributed by atoms with van der Waals surface area (Å²) in [5, 5.41) is 9.34. The summed E-state index contributed by atoms with van der Waals surface area (Å²) in [6.45, 7) is 0. The molecule has 2 rings (SSSR count). The van der Waals surface area contributed by atoms with E-state index in [0.717, 1.165) is 3.57 Å². The lowest BCUT2D eigenvalue weighted by molar-refractivity contribution is 0.601.